The molecule has 3 aromatic rings. The van der Waals surface area contributed by atoms with E-state index in [4.69, 9.17) is 11.6 Å². The maximum absolute atomic E-state index is 13.2. The lowest BCUT2D eigenvalue weighted by molar-refractivity contribution is 0.630. The van der Waals surface area contributed by atoms with Crippen molar-refractivity contribution in [2.75, 3.05) is 0 Å². The Bertz CT molecular complexity index is 753. The average molecular weight is 370 g/mol. The highest BCUT2D eigenvalue weighted by molar-refractivity contribution is 9.09. The summed E-state index contributed by atoms with van der Waals surface area (Å²) in [7, 11) is 0. The number of hydrogen-bond donors (Lipinski definition) is 0. The van der Waals surface area contributed by atoms with Crippen molar-refractivity contribution in [1.29, 1.82) is 0 Å². The highest BCUT2D eigenvalue weighted by Gasteiger charge is 2.14. The van der Waals surface area contributed by atoms with Crippen molar-refractivity contribution in [3.05, 3.63) is 69.8 Å². The third-order valence-corrected chi connectivity index (χ3v) is 5.87. The molecule has 4 heteroatoms. The second-order valence-corrected chi connectivity index (χ2v) is 7.22. The van der Waals surface area contributed by atoms with Gasteiger partial charge in [-0.05, 0) is 41.6 Å². The molecular weight excluding hydrogens is 359 g/mol. The zero-order valence-electron chi connectivity index (χ0n) is 10.4. The minimum absolute atomic E-state index is 0.183. The van der Waals surface area contributed by atoms with E-state index in [1.807, 2.05) is 30.3 Å². The summed E-state index contributed by atoms with van der Waals surface area (Å²) in [5.74, 6) is -0.192. The normalized spacial score (nSPS) is 12.8. The number of fused-ring (bicyclic) bond motifs is 1. The van der Waals surface area contributed by atoms with Crippen LogP contribution in [0.5, 0.6) is 0 Å². The molecule has 0 bridgehead atoms. The van der Waals surface area contributed by atoms with Crippen molar-refractivity contribution < 1.29 is 4.39 Å². The summed E-state index contributed by atoms with van der Waals surface area (Å²) in [6.45, 7) is 0. The summed E-state index contributed by atoms with van der Waals surface area (Å²) in [4.78, 5) is 1.37. The Labute approximate surface area is 134 Å². The van der Waals surface area contributed by atoms with E-state index in [-0.39, 0.29) is 10.6 Å². The van der Waals surface area contributed by atoms with Crippen molar-refractivity contribution >= 4 is 49.0 Å². The lowest BCUT2D eigenvalue weighted by Crippen LogP contribution is -1.93. The first-order valence-electron chi connectivity index (χ1n) is 6.20. The SMILES string of the molecule is Fc1ccc2cc(C(Br)Cc3ccccc3Cl)sc2c1. The van der Waals surface area contributed by atoms with E-state index in [0.29, 0.717) is 0 Å². The van der Waals surface area contributed by atoms with E-state index < -0.39 is 0 Å². The molecule has 0 radical (unpaired) electrons. The van der Waals surface area contributed by atoms with Crippen LogP contribution in [0.3, 0.4) is 0 Å². The highest BCUT2D eigenvalue weighted by Crippen LogP contribution is 2.37. The molecule has 1 unspecified atom stereocenters. The minimum atomic E-state index is -0.192. The van der Waals surface area contributed by atoms with Crippen LogP contribution < -0.4 is 0 Å². The molecule has 2 aromatic carbocycles. The van der Waals surface area contributed by atoms with Crippen LogP contribution in [0.15, 0.2) is 48.5 Å². The number of benzene rings is 2. The van der Waals surface area contributed by atoms with Gasteiger partial charge in [-0.2, -0.15) is 0 Å². The van der Waals surface area contributed by atoms with Gasteiger partial charge in [-0.3, -0.25) is 0 Å². The topological polar surface area (TPSA) is 0 Å². The third kappa shape index (κ3) is 2.90. The Morgan fingerprint density at radius 2 is 1.95 bits per heavy atom. The average Bonchev–Trinajstić information content (AvgIpc) is 2.84. The molecule has 0 amide bonds. The lowest BCUT2D eigenvalue weighted by Gasteiger charge is -2.08. The molecule has 1 atom stereocenters. The molecule has 0 aliphatic rings. The van der Waals surface area contributed by atoms with Crippen molar-refractivity contribution in [2.24, 2.45) is 0 Å². The molecule has 3 rings (SSSR count). The molecule has 0 fully saturated rings. The van der Waals surface area contributed by atoms with Crippen molar-refractivity contribution in [3.8, 4) is 0 Å². The summed E-state index contributed by atoms with van der Waals surface area (Å²) in [5.41, 5.74) is 1.11. The monoisotopic (exact) mass is 368 g/mol. The second kappa shape index (κ2) is 5.84. The number of thiophene rings is 1. The Balaban J connectivity index is 1.89. The van der Waals surface area contributed by atoms with Gasteiger partial charge in [0.1, 0.15) is 5.82 Å². The maximum atomic E-state index is 13.2. The minimum Gasteiger partial charge on any atom is -0.207 e. The molecule has 0 saturated carbocycles. The van der Waals surface area contributed by atoms with E-state index in [1.54, 1.807) is 17.4 Å². The van der Waals surface area contributed by atoms with Crippen LogP contribution in [0.2, 0.25) is 5.02 Å². The van der Waals surface area contributed by atoms with E-state index in [2.05, 4.69) is 22.0 Å². The van der Waals surface area contributed by atoms with Crippen molar-refractivity contribution in [1.82, 2.24) is 0 Å². The zero-order valence-corrected chi connectivity index (χ0v) is 13.6. The standard InChI is InChI=1S/C16H11BrClFS/c17-13(7-10-3-1-2-4-14(10)18)16-8-11-5-6-12(19)9-15(11)20-16/h1-6,8-9,13H,7H2. The fraction of sp³-hybridized carbons (Fsp3) is 0.125. The van der Waals surface area contributed by atoms with E-state index in [0.717, 1.165) is 27.1 Å². The molecule has 20 heavy (non-hydrogen) atoms. The summed E-state index contributed by atoms with van der Waals surface area (Å²) in [6, 6.07) is 14.9. The molecule has 0 aliphatic heterocycles. The van der Waals surface area contributed by atoms with Gasteiger partial charge >= 0.3 is 0 Å². The number of rotatable bonds is 3. The number of alkyl halides is 1. The Morgan fingerprint density at radius 3 is 2.75 bits per heavy atom. The predicted molar refractivity (Wildman–Crippen MR) is 88.6 cm³/mol. The van der Waals surface area contributed by atoms with Crippen LogP contribution in [-0.4, -0.2) is 0 Å². The van der Waals surface area contributed by atoms with Crippen molar-refractivity contribution in [3.63, 3.8) is 0 Å². The molecule has 0 aliphatic carbocycles. The van der Waals surface area contributed by atoms with Gasteiger partial charge in [0.05, 0.1) is 4.83 Å². The van der Waals surface area contributed by atoms with Crippen LogP contribution in [0.1, 0.15) is 15.3 Å². The largest absolute Gasteiger partial charge is 0.207 e. The van der Waals surface area contributed by atoms with Gasteiger partial charge in [0.2, 0.25) is 0 Å². The van der Waals surface area contributed by atoms with Crippen LogP contribution in [0.4, 0.5) is 4.39 Å². The molecular formula is C16H11BrClFS. The van der Waals surface area contributed by atoms with Crippen LogP contribution in [-0.2, 0) is 6.42 Å². The fourth-order valence-corrected chi connectivity index (χ4v) is 4.18. The van der Waals surface area contributed by atoms with Gasteiger partial charge in [-0.1, -0.05) is 51.8 Å². The first-order valence-corrected chi connectivity index (χ1v) is 8.31. The van der Waals surface area contributed by atoms with E-state index in [1.165, 1.54) is 10.9 Å². The molecule has 0 spiro atoms. The zero-order chi connectivity index (χ0) is 14.1. The lowest BCUT2D eigenvalue weighted by atomic mass is 10.1. The summed E-state index contributed by atoms with van der Waals surface area (Å²) in [6.07, 6.45) is 0.814. The smallest absolute Gasteiger partial charge is 0.124 e. The molecule has 1 heterocycles. The molecule has 0 saturated heterocycles. The summed E-state index contributed by atoms with van der Waals surface area (Å²) >= 11 is 11.5. The van der Waals surface area contributed by atoms with Gasteiger partial charge in [0.25, 0.3) is 0 Å². The van der Waals surface area contributed by atoms with Gasteiger partial charge in [-0.15, -0.1) is 11.3 Å². The predicted octanol–water partition coefficient (Wildman–Crippen LogP) is 6.37. The first kappa shape index (κ1) is 14.1. The van der Waals surface area contributed by atoms with Crippen LogP contribution >= 0.6 is 38.9 Å². The van der Waals surface area contributed by atoms with E-state index in [9.17, 15) is 4.39 Å². The molecule has 1 aromatic heterocycles. The van der Waals surface area contributed by atoms with Crippen LogP contribution in [0.25, 0.3) is 10.1 Å². The Morgan fingerprint density at radius 1 is 1.15 bits per heavy atom. The molecule has 102 valence electrons. The quantitative estimate of drug-likeness (QED) is 0.470. The van der Waals surface area contributed by atoms with Gasteiger partial charge in [0.15, 0.2) is 0 Å². The second-order valence-electron chi connectivity index (χ2n) is 4.59. The van der Waals surface area contributed by atoms with Gasteiger partial charge < -0.3 is 0 Å². The van der Waals surface area contributed by atoms with Gasteiger partial charge in [0, 0.05) is 14.6 Å². The Kier molecular flexibility index (Phi) is 4.11. The summed E-state index contributed by atoms with van der Waals surface area (Å²) < 4.78 is 14.2. The van der Waals surface area contributed by atoms with E-state index >= 15 is 0 Å². The fourth-order valence-electron chi connectivity index (χ4n) is 2.14. The third-order valence-electron chi connectivity index (χ3n) is 3.17. The summed E-state index contributed by atoms with van der Waals surface area (Å²) in [5, 5.41) is 1.86. The maximum Gasteiger partial charge on any atom is 0.124 e. The first-order chi connectivity index (χ1) is 9.63. The number of hydrogen-bond acceptors (Lipinski definition) is 1. The highest BCUT2D eigenvalue weighted by atomic mass is 79.9. The molecule has 0 N–H and O–H groups in total. The molecule has 0 nitrogen and oxygen atoms in total. The number of halogens is 3. The van der Waals surface area contributed by atoms with Crippen molar-refractivity contribution in [2.45, 2.75) is 11.2 Å². The Hall–Kier alpha value is -0.900. The van der Waals surface area contributed by atoms with Crippen LogP contribution in [0, 0.1) is 5.82 Å². The van der Waals surface area contributed by atoms with Gasteiger partial charge in [-0.25, -0.2) is 4.39 Å².